The van der Waals surface area contributed by atoms with E-state index in [0.717, 1.165) is 44.0 Å². The molecule has 0 aliphatic carbocycles. The minimum absolute atomic E-state index is 0. The number of carbonyl (C=O) groups excluding carboxylic acids is 1. The molecule has 1 amide bonds. The summed E-state index contributed by atoms with van der Waals surface area (Å²) in [4.78, 5) is 24.2. The number of halogens is 2. The molecule has 3 aromatic rings. The maximum atomic E-state index is 13.1. The van der Waals surface area contributed by atoms with Crippen molar-refractivity contribution in [3.8, 4) is 0 Å². The van der Waals surface area contributed by atoms with Gasteiger partial charge in [0.15, 0.2) is 5.13 Å². The van der Waals surface area contributed by atoms with E-state index in [2.05, 4.69) is 29.4 Å². The van der Waals surface area contributed by atoms with Gasteiger partial charge in [-0.3, -0.25) is 9.69 Å². The van der Waals surface area contributed by atoms with Gasteiger partial charge in [0.25, 0.3) is 0 Å². The molecule has 0 saturated carbocycles. The van der Waals surface area contributed by atoms with Crippen LogP contribution >= 0.6 is 58.9 Å². The second-order valence-corrected chi connectivity index (χ2v) is 10.5. The van der Waals surface area contributed by atoms with Gasteiger partial charge in [0, 0.05) is 34.3 Å². The fourth-order valence-corrected chi connectivity index (χ4v) is 5.54. The van der Waals surface area contributed by atoms with Crippen LogP contribution in [0.1, 0.15) is 12.8 Å². The Labute approximate surface area is 208 Å². The number of nitrogens with zero attached hydrogens (tertiary/aromatic N) is 3. The maximum Gasteiger partial charge on any atom is 0.228 e. The molecule has 1 heterocycles. The smallest absolute Gasteiger partial charge is 0.228 e. The summed E-state index contributed by atoms with van der Waals surface area (Å²) in [5.41, 5.74) is 0.992. The summed E-state index contributed by atoms with van der Waals surface area (Å²) in [6.45, 7) is 1.45. The Bertz CT molecular complexity index is 980. The lowest BCUT2D eigenvalue weighted by atomic mass is 10.3. The van der Waals surface area contributed by atoms with Crippen LogP contribution in [0.4, 0.5) is 5.13 Å². The molecule has 3 rings (SSSR count). The van der Waals surface area contributed by atoms with Gasteiger partial charge in [-0.05, 0) is 68.9 Å². The third kappa shape index (κ3) is 7.55. The Morgan fingerprint density at radius 1 is 1.13 bits per heavy atom. The zero-order chi connectivity index (χ0) is 21.5. The predicted octanol–water partition coefficient (Wildman–Crippen LogP) is 6.56. The second-order valence-electron chi connectivity index (χ2n) is 7.06. The molecule has 9 heteroatoms. The van der Waals surface area contributed by atoms with E-state index in [1.807, 2.05) is 43.3 Å². The third-order valence-electron chi connectivity index (χ3n) is 4.51. The summed E-state index contributed by atoms with van der Waals surface area (Å²) in [5.74, 6) is 1.03. The quantitative estimate of drug-likeness (QED) is 0.225. The van der Waals surface area contributed by atoms with E-state index in [-0.39, 0.29) is 18.3 Å². The van der Waals surface area contributed by atoms with Crippen molar-refractivity contribution in [1.82, 2.24) is 9.88 Å². The topological polar surface area (TPSA) is 36.4 Å². The molecule has 0 N–H and O–H groups in total. The number of fused-ring (bicyclic) bond motifs is 1. The summed E-state index contributed by atoms with van der Waals surface area (Å²) in [7, 11) is 4.05. The van der Waals surface area contributed by atoms with E-state index in [9.17, 15) is 4.79 Å². The average molecular weight is 517 g/mol. The number of aromatic nitrogens is 1. The fraction of sp³-hybridized carbons (Fsp3) is 0.364. The number of amides is 1. The molecule has 0 aliphatic rings. The molecular weight excluding hydrogens is 489 g/mol. The first kappa shape index (κ1) is 26.3. The molecule has 0 saturated heterocycles. The van der Waals surface area contributed by atoms with E-state index in [0.29, 0.717) is 13.0 Å². The van der Waals surface area contributed by atoms with E-state index in [1.165, 1.54) is 4.90 Å². The van der Waals surface area contributed by atoms with Crippen molar-refractivity contribution in [2.75, 3.05) is 44.1 Å². The van der Waals surface area contributed by atoms with Crippen LogP contribution in [0.15, 0.2) is 52.3 Å². The SMILES string of the molecule is CSc1cccc2sc(N(CCN(C)C)C(=O)CCCSc3ccc(Cl)cc3)nc12.Cl. The van der Waals surface area contributed by atoms with Crippen LogP contribution < -0.4 is 4.90 Å². The summed E-state index contributed by atoms with van der Waals surface area (Å²) in [6, 6.07) is 14.0. The lowest BCUT2D eigenvalue weighted by Gasteiger charge is -2.22. The molecular formula is C22H27Cl2N3OS3. The number of anilines is 1. The monoisotopic (exact) mass is 515 g/mol. The molecule has 168 valence electrons. The summed E-state index contributed by atoms with van der Waals surface area (Å²) >= 11 is 11.0. The molecule has 1 aromatic heterocycles. The van der Waals surface area contributed by atoms with Crippen molar-refractivity contribution < 1.29 is 4.79 Å². The zero-order valence-corrected chi connectivity index (χ0v) is 21.9. The molecule has 4 nitrogen and oxygen atoms in total. The van der Waals surface area contributed by atoms with Crippen LogP contribution in [0.2, 0.25) is 5.02 Å². The van der Waals surface area contributed by atoms with Gasteiger partial charge in [-0.2, -0.15) is 0 Å². The fourth-order valence-electron chi connectivity index (χ4n) is 2.90. The first-order chi connectivity index (χ1) is 14.5. The Morgan fingerprint density at radius 2 is 1.87 bits per heavy atom. The molecule has 0 aliphatic heterocycles. The molecule has 0 fully saturated rings. The van der Waals surface area contributed by atoms with Gasteiger partial charge in [-0.25, -0.2) is 4.98 Å². The number of para-hydroxylation sites is 1. The number of hydrogen-bond acceptors (Lipinski definition) is 6. The molecule has 0 radical (unpaired) electrons. The highest BCUT2D eigenvalue weighted by atomic mass is 35.5. The number of thiazole rings is 1. The summed E-state index contributed by atoms with van der Waals surface area (Å²) < 4.78 is 1.12. The van der Waals surface area contributed by atoms with Gasteiger partial charge in [0.05, 0.1) is 10.2 Å². The highest BCUT2D eigenvalue weighted by Crippen LogP contribution is 2.34. The van der Waals surface area contributed by atoms with E-state index >= 15 is 0 Å². The van der Waals surface area contributed by atoms with Gasteiger partial charge in [-0.1, -0.05) is 29.0 Å². The van der Waals surface area contributed by atoms with Crippen LogP contribution in [0.25, 0.3) is 10.2 Å². The predicted molar refractivity (Wildman–Crippen MR) is 141 cm³/mol. The first-order valence-corrected chi connectivity index (χ1v) is 13.2. The second kappa shape index (κ2) is 12.9. The highest BCUT2D eigenvalue weighted by Gasteiger charge is 2.20. The van der Waals surface area contributed by atoms with Gasteiger partial charge in [-0.15, -0.1) is 35.9 Å². The Hall–Kier alpha value is -0.960. The summed E-state index contributed by atoms with van der Waals surface area (Å²) in [6.07, 6.45) is 3.39. The number of rotatable bonds is 10. The highest BCUT2D eigenvalue weighted by molar-refractivity contribution is 7.99. The average Bonchev–Trinajstić information content (AvgIpc) is 3.16. The van der Waals surface area contributed by atoms with Crippen LogP contribution in [-0.4, -0.2) is 55.0 Å². The van der Waals surface area contributed by atoms with Crippen molar-refractivity contribution in [3.63, 3.8) is 0 Å². The summed E-state index contributed by atoms with van der Waals surface area (Å²) in [5, 5.41) is 1.54. The Kier molecular flexibility index (Phi) is 11.0. The number of likely N-dealkylation sites (N-methyl/N-ethyl adjacent to an activating group) is 1. The normalized spacial score (nSPS) is 11.0. The molecule has 0 bridgehead atoms. The van der Waals surface area contributed by atoms with Crippen LogP contribution in [0, 0.1) is 0 Å². The zero-order valence-electron chi connectivity index (χ0n) is 17.8. The number of carbonyl (C=O) groups is 1. The number of thioether (sulfide) groups is 2. The minimum Gasteiger partial charge on any atom is -0.308 e. The van der Waals surface area contributed by atoms with Crippen molar-refractivity contribution in [2.45, 2.75) is 22.6 Å². The number of hydrogen-bond donors (Lipinski definition) is 0. The maximum absolute atomic E-state index is 13.1. The molecule has 0 spiro atoms. The number of benzene rings is 2. The van der Waals surface area contributed by atoms with Gasteiger partial charge in [0.1, 0.15) is 0 Å². The van der Waals surface area contributed by atoms with Crippen molar-refractivity contribution in [3.05, 3.63) is 47.5 Å². The molecule has 0 unspecified atom stereocenters. The lowest BCUT2D eigenvalue weighted by molar-refractivity contribution is -0.118. The minimum atomic E-state index is 0. The molecule has 31 heavy (non-hydrogen) atoms. The molecule has 0 atom stereocenters. The largest absolute Gasteiger partial charge is 0.308 e. The van der Waals surface area contributed by atoms with Gasteiger partial charge in [0.2, 0.25) is 5.91 Å². The lowest BCUT2D eigenvalue weighted by Crippen LogP contribution is -2.36. The van der Waals surface area contributed by atoms with E-state index in [1.54, 1.807) is 34.9 Å². The standard InChI is InChI=1S/C22H26ClN3OS3.ClH/c1-25(2)13-14-26(22-24-21-18(28-3)6-4-7-19(21)30-22)20(27)8-5-15-29-17-11-9-16(23)10-12-17;/h4,6-7,9-12H,5,8,13-15H2,1-3H3;1H. The van der Waals surface area contributed by atoms with Crippen LogP contribution in [0.5, 0.6) is 0 Å². The van der Waals surface area contributed by atoms with Crippen LogP contribution in [0.3, 0.4) is 0 Å². The van der Waals surface area contributed by atoms with Crippen molar-refractivity contribution in [1.29, 1.82) is 0 Å². The Morgan fingerprint density at radius 3 is 2.55 bits per heavy atom. The van der Waals surface area contributed by atoms with Crippen LogP contribution in [-0.2, 0) is 4.79 Å². The van der Waals surface area contributed by atoms with Gasteiger partial charge >= 0.3 is 0 Å². The van der Waals surface area contributed by atoms with Crippen molar-refractivity contribution >= 4 is 80.1 Å². The Balaban J connectivity index is 0.00000341. The van der Waals surface area contributed by atoms with Crippen molar-refractivity contribution in [2.24, 2.45) is 0 Å². The van der Waals surface area contributed by atoms with E-state index in [4.69, 9.17) is 16.6 Å². The van der Waals surface area contributed by atoms with E-state index < -0.39 is 0 Å². The third-order valence-corrected chi connectivity index (χ3v) is 7.67. The van der Waals surface area contributed by atoms with Gasteiger partial charge < -0.3 is 4.90 Å². The first-order valence-electron chi connectivity index (χ1n) is 9.75. The molecule has 2 aromatic carbocycles.